The summed E-state index contributed by atoms with van der Waals surface area (Å²) in [4.78, 5) is 27.6. The maximum absolute atomic E-state index is 12.1. The van der Waals surface area contributed by atoms with Crippen molar-refractivity contribution in [2.24, 2.45) is 0 Å². The van der Waals surface area contributed by atoms with Crippen molar-refractivity contribution in [2.45, 2.75) is 6.10 Å². The van der Waals surface area contributed by atoms with E-state index in [9.17, 15) is 14.7 Å². The van der Waals surface area contributed by atoms with Gasteiger partial charge in [0.25, 0.3) is 0 Å². The summed E-state index contributed by atoms with van der Waals surface area (Å²) in [6, 6.07) is 9.27. The molecule has 1 atom stereocenters. The van der Waals surface area contributed by atoms with Gasteiger partial charge in [0.05, 0.1) is 12.7 Å². The summed E-state index contributed by atoms with van der Waals surface area (Å²) in [6.45, 7) is 3.56. The minimum atomic E-state index is -1.23. The number of carbonyl (C=O) groups excluding carboxylic acids is 2. The summed E-state index contributed by atoms with van der Waals surface area (Å²) in [6.07, 6.45) is 1.75. The Morgan fingerprint density at radius 2 is 1.83 bits per heavy atom. The number of aromatic nitrogens is 1. The van der Waals surface area contributed by atoms with Crippen LogP contribution in [0.25, 0.3) is 0 Å². The first-order valence-electron chi connectivity index (χ1n) is 6.71. The van der Waals surface area contributed by atoms with Crippen molar-refractivity contribution in [3.63, 3.8) is 0 Å². The zero-order valence-electron chi connectivity index (χ0n) is 12.4. The number of hydrogen-bond acceptors (Lipinski definition) is 6. The number of pyridine rings is 1. The fourth-order valence-corrected chi connectivity index (χ4v) is 1.86. The van der Waals surface area contributed by atoms with Gasteiger partial charge in [-0.1, -0.05) is 18.7 Å². The topological polar surface area (TPSA) is 85.7 Å². The van der Waals surface area contributed by atoms with Crippen LogP contribution in [0.2, 0.25) is 0 Å². The van der Waals surface area contributed by atoms with Gasteiger partial charge in [0.1, 0.15) is 17.4 Å². The van der Waals surface area contributed by atoms with Crippen LogP contribution < -0.4 is 4.74 Å². The standard InChI is InChI=1S/C17H15NO5/c1-11(15(19)12-7-9-18-10-8-12)16(20)23-14-6-4-3-5-13(14)17(21)22-2/h3-10,15,19H,1H2,2H3. The van der Waals surface area contributed by atoms with Gasteiger partial charge in [-0.3, -0.25) is 4.98 Å². The highest BCUT2D eigenvalue weighted by atomic mass is 16.5. The molecule has 1 aromatic heterocycles. The van der Waals surface area contributed by atoms with Crippen LogP contribution in [0.3, 0.4) is 0 Å². The summed E-state index contributed by atoms with van der Waals surface area (Å²) >= 11 is 0. The molecule has 0 radical (unpaired) electrons. The van der Waals surface area contributed by atoms with E-state index in [1.165, 1.54) is 31.6 Å². The Morgan fingerprint density at radius 1 is 1.17 bits per heavy atom. The monoisotopic (exact) mass is 313 g/mol. The van der Waals surface area contributed by atoms with Gasteiger partial charge in [0.2, 0.25) is 0 Å². The fraction of sp³-hybridized carbons (Fsp3) is 0.118. The first-order chi connectivity index (χ1) is 11.0. The van der Waals surface area contributed by atoms with E-state index in [2.05, 4.69) is 16.3 Å². The van der Waals surface area contributed by atoms with E-state index in [1.807, 2.05) is 0 Å². The first-order valence-corrected chi connectivity index (χ1v) is 6.71. The number of hydrogen-bond donors (Lipinski definition) is 1. The van der Waals surface area contributed by atoms with Crippen LogP contribution in [0.1, 0.15) is 22.0 Å². The van der Waals surface area contributed by atoms with Crippen molar-refractivity contribution >= 4 is 11.9 Å². The minimum absolute atomic E-state index is 0.0347. The third-order valence-corrected chi connectivity index (χ3v) is 3.11. The molecule has 0 saturated heterocycles. The highest BCUT2D eigenvalue weighted by Gasteiger charge is 2.22. The largest absolute Gasteiger partial charge is 0.465 e. The van der Waals surface area contributed by atoms with Crippen molar-refractivity contribution in [1.29, 1.82) is 0 Å². The molecule has 1 heterocycles. The first kappa shape index (κ1) is 16.4. The van der Waals surface area contributed by atoms with Crippen molar-refractivity contribution < 1.29 is 24.2 Å². The molecule has 1 aromatic carbocycles. The highest BCUT2D eigenvalue weighted by molar-refractivity contribution is 5.96. The van der Waals surface area contributed by atoms with Crippen LogP contribution in [-0.4, -0.2) is 29.1 Å². The molecule has 0 spiro atoms. The van der Waals surface area contributed by atoms with Crippen LogP contribution >= 0.6 is 0 Å². The van der Waals surface area contributed by atoms with E-state index in [4.69, 9.17) is 4.74 Å². The number of benzene rings is 1. The molecule has 0 aliphatic carbocycles. The molecule has 0 aliphatic heterocycles. The molecule has 0 aliphatic rings. The summed E-state index contributed by atoms with van der Waals surface area (Å²) in [5, 5.41) is 10.1. The minimum Gasteiger partial charge on any atom is -0.465 e. The molecule has 23 heavy (non-hydrogen) atoms. The van der Waals surface area contributed by atoms with E-state index in [0.717, 1.165) is 0 Å². The summed E-state index contributed by atoms with van der Waals surface area (Å²) in [7, 11) is 1.23. The summed E-state index contributed by atoms with van der Waals surface area (Å²) in [5.74, 6) is -1.44. The van der Waals surface area contributed by atoms with Gasteiger partial charge in [-0.15, -0.1) is 0 Å². The van der Waals surface area contributed by atoms with Gasteiger partial charge >= 0.3 is 11.9 Å². The molecule has 2 aromatic rings. The van der Waals surface area contributed by atoms with Crippen molar-refractivity contribution in [2.75, 3.05) is 7.11 Å². The SMILES string of the molecule is C=C(C(=O)Oc1ccccc1C(=O)OC)C(O)c1ccncc1. The highest BCUT2D eigenvalue weighted by Crippen LogP contribution is 2.24. The molecule has 6 heteroatoms. The van der Waals surface area contributed by atoms with E-state index in [1.54, 1.807) is 24.3 Å². The van der Waals surface area contributed by atoms with Gasteiger partial charge in [-0.2, -0.15) is 0 Å². The third-order valence-electron chi connectivity index (χ3n) is 3.11. The number of ether oxygens (including phenoxy) is 2. The Hall–Kier alpha value is -2.99. The number of para-hydroxylation sites is 1. The predicted molar refractivity (Wildman–Crippen MR) is 81.8 cm³/mol. The van der Waals surface area contributed by atoms with Crippen LogP contribution in [0, 0.1) is 0 Å². The van der Waals surface area contributed by atoms with E-state index in [0.29, 0.717) is 5.56 Å². The second-order valence-corrected chi connectivity index (χ2v) is 4.59. The maximum atomic E-state index is 12.1. The van der Waals surface area contributed by atoms with Crippen molar-refractivity contribution in [3.8, 4) is 5.75 Å². The Labute approximate surface area is 133 Å². The predicted octanol–water partition coefficient (Wildman–Crippen LogP) is 2.06. The fourth-order valence-electron chi connectivity index (χ4n) is 1.86. The Balaban J connectivity index is 2.16. The number of carbonyl (C=O) groups is 2. The maximum Gasteiger partial charge on any atom is 0.341 e. The molecule has 0 fully saturated rings. The zero-order chi connectivity index (χ0) is 16.8. The van der Waals surface area contributed by atoms with E-state index < -0.39 is 18.0 Å². The number of nitrogens with zero attached hydrogens (tertiary/aromatic N) is 1. The summed E-state index contributed by atoms with van der Waals surface area (Å²) < 4.78 is 9.78. The zero-order valence-corrected chi connectivity index (χ0v) is 12.4. The lowest BCUT2D eigenvalue weighted by atomic mass is 10.0. The van der Waals surface area contributed by atoms with Crippen LogP contribution in [0.5, 0.6) is 5.75 Å². The number of esters is 2. The lowest BCUT2D eigenvalue weighted by molar-refractivity contribution is -0.131. The third kappa shape index (κ3) is 3.81. The molecule has 0 saturated carbocycles. The smallest absolute Gasteiger partial charge is 0.341 e. The van der Waals surface area contributed by atoms with Gasteiger partial charge < -0.3 is 14.6 Å². The molecule has 0 bridgehead atoms. The number of methoxy groups -OCH3 is 1. The average Bonchev–Trinajstić information content (AvgIpc) is 2.61. The van der Waals surface area contributed by atoms with Gasteiger partial charge in [0.15, 0.2) is 0 Å². The van der Waals surface area contributed by atoms with Crippen LogP contribution in [0.15, 0.2) is 60.9 Å². The molecule has 118 valence electrons. The van der Waals surface area contributed by atoms with Crippen molar-refractivity contribution in [3.05, 3.63) is 72.1 Å². The molecule has 2 rings (SSSR count). The Bertz CT molecular complexity index is 727. The van der Waals surface area contributed by atoms with E-state index >= 15 is 0 Å². The lowest BCUT2D eigenvalue weighted by Gasteiger charge is -2.14. The normalized spacial score (nSPS) is 11.4. The molecule has 1 N–H and O–H groups in total. The average molecular weight is 313 g/mol. The Morgan fingerprint density at radius 3 is 2.48 bits per heavy atom. The summed E-state index contributed by atoms with van der Waals surface area (Å²) in [5.41, 5.74) is 0.411. The molecular weight excluding hydrogens is 298 g/mol. The van der Waals surface area contributed by atoms with Crippen molar-refractivity contribution in [1.82, 2.24) is 4.98 Å². The lowest BCUT2D eigenvalue weighted by Crippen LogP contribution is -2.18. The number of rotatable bonds is 5. The Kier molecular flexibility index (Phi) is 5.22. The van der Waals surface area contributed by atoms with E-state index in [-0.39, 0.29) is 16.9 Å². The van der Waals surface area contributed by atoms with Gasteiger partial charge in [-0.05, 0) is 29.8 Å². The molecular formula is C17H15NO5. The van der Waals surface area contributed by atoms with Crippen LogP contribution in [-0.2, 0) is 9.53 Å². The second-order valence-electron chi connectivity index (χ2n) is 4.59. The number of aliphatic hydroxyl groups is 1. The van der Waals surface area contributed by atoms with Gasteiger partial charge in [-0.25, -0.2) is 9.59 Å². The van der Waals surface area contributed by atoms with Crippen LogP contribution in [0.4, 0.5) is 0 Å². The second kappa shape index (κ2) is 7.33. The molecule has 1 unspecified atom stereocenters. The molecule has 6 nitrogen and oxygen atoms in total. The quantitative estimate of drug-likeness (QED) is 0.516. The number of aliphatic hydroxyl groups excluding tert-OH is 1. The van der Waals surface area contributed by atoms with Gasteiger partial charge in [0, 0.05) is 12.4 Å². The molecule has 0 amide bonds.